The fraction of sp³-hybridized carbons (Fsp3) is 0.273. The Morgan fingerprint density at radius 3 is 3.11 bits per heavy atom. The number of rotatable bonds is 6. The lowest BCUT2D eigenvalue weighted by atomic mass is 10.4. The standard InChI is InChI=1S/C11H13N3OS3/c12-3-5-16-7-10(15)14-11-13-8(6-18-11)9-2-1-4-17-9/h1-2,4,6H,3,5,7,12H2,(H,13,14,15). The summed E-state index contributed by atoms with van der Waals surface area (Å²) in [6.45, 7) is 0.595. The summed E-state index contributed by atoms with van der Waals surface area (Å²) in [5, 5.41) is 7.41. The summed E-state index contributed by atoms with van der Waals surface area (Å²) in [5.41, 5.74) is 6.28. The molecule has 7 heteroatoms. The molecular weight excluding hydrogens is 286 g/mol. The Hall–Kier alpha value is -0.890. The van der Waals surface area contributed by atoms with Gasteiger partial charge < -0.3 is 11.1 Å². The summed E-state index contributed by atoms with van der Waals surface area (Å²) in [5.74, 6) is 1.19. The van der Waals surface area contributed by atoms with Crippen LogP contribution in [-0.4, -0.2) is 28.9 Å². The van der Waals surface area contributed by atoms with Crippen LogP contribution >= 0.6 is 34.4 Å². The molecule has 0 bridgehead atoms. The number of carbonyl (C=O) groups is 1. The van der Waals surface area contributed by atoms with Gasteiger partial charge >= 0.3 is 0 Å². The first-order valence-electron chi connectivity index (χ1n) is 5.36. The van der Waals surface area contributed by atoms with E-state index >= 15 is 0 Å². The molecule has 1 amide bonds. The quantitative estimate of drug-likeness (QED) is 0.804. The number of carbonyl (C=O) groups excluding carboxylic acids is 1. The van der Waals surface area contributed by atoms with Crippen LogP contribution in [-0.2, 0) is 4.79 Å². The van der Waals surface area contributed by atoms with Crippen LogP contribution in [0.4, 0.5) is 5.13 Å². The molecule has 0 fully saturated rings. The van der Waals surface area contributed by atoms with Crippen molar-refractivity contribution in [2.75, 3.05) is 23.4 Å². The molecule has 3 N–H and O–H groups in total. The van der Waals surface area contributed by atoms with E-state index in [1.54, 1.807) is 11.3 Å². The lowest BCUT2D eigenvalue weighted by Gasteiger charge is -2.00. The minimum absolute atomic E-state index is 0.0273. The van der Waals surface area contributed by atoms with Gasteiger partial charge in [0.1, 0.15) is 0 Å². The van der Waals surface area contributed by atoms with E-state index in [1.165, 1.54) is 23.1 Å². The van der Waals surface area contributed by atoms with Crippen LogP contribution in [0.2, 0.25) is 0 Å². The second-order valence-corrected chi connectivity index (χ2v) is 6.32. The highest BCUT2D eigenvalue weighted by molar-refractivity contribution is 7.99. The number of nitrogens with zero attached hydrogens (tertiary/aromatic N) is 1. The summed E-state index contributed by atoms with van der Waals surface area (Å²) in [6, 6.07) is 4.00. The molecule has 0 saturated carbocycles. The maximum absolute atomic E-state index is 11.6. The zero-order valence-electron chi connectivity index (χ0n) is 9.59. The van der Waals surface area contributed by atoms with Crippen molar-refractivity contribution in [3.8, 4) is 10.6 Å². The van der Waals surface area contributed by atoms with Crippen LogP contribution < -0.4 is 11.1 Å². The fourth-order valence-corrected chi connectivity index (χ4v) is 3.33. The number of nitrogens with two attached hydrogens (primary N) is 1. The molecule has 2 rings (SSSR count). The molecule has 96 valence electrons. The molecule has 18 heavy (non-hydrogen) atoms. The van der Waals surface area contributed by atoms with Crippen LogP contribution in [0.25, 0.3) is 10.6 Å². The summed E-state index contributed by atoms with van der Waals surface area (Å²) >= 11 is 4.61. The zero-order chi connectivity index (χ0) is 12.8. The van der Waals surface area contributed by atoms with Crippen molar-refractivity contribution in [2.45, 2.75) is 0 Å². The van der Waals surface area contributed by atoms with Gasteiger partial charge in [0, 0.05) is 17.7 Å². The number of anilines is 1. The second-order valence-electron chi connectivity index (χ2n) is 3.40. The van der Waals surface area contributed by atoms with E-state index in [9.17, 15) is 4.79 Å². The van der Waals surface area contributed by atoms with Gasteiger partial charge in [-0.3, -0.25) is 4.79 Å². The molecular formula is C11H13N3OS3. The number of thiophene rings is 1. The van der Waals surface area contributed by atoms with E-state index in [4.69, 9.17) is 5.73 Å². The lowest BCUT2D eigenvalue weighted by Crippen LogP contribution is -2.15. The van der Waals surface area contributed by atoms with E-state index < -0.39 is 0 Å². The van der Waals surface area contributed by atoms with E-state index in [2.05, 4.69) is 10.3 Å². The topological polar surface area (TPSA) is 68.0 Å². The largest absolute Gasteiger partial charge is 0.330 e. The van der Waals surface area contributed by atoms with Gasteiger partial charge in [-0.15, -0.1) is 22.7 Å². The number of thiazole rings is 1. The minimum atomic E-state index is -0.0273. The Morgan fingerprint density at radius 2 is 2.39 bits per heavy atom. The average Bonchev–Trinajstić information content (AvgIpc) is 2.98. The maximum atomic E-state index is 11.6. The number of nitrogens with one attached hydrogen (secondary N) is 1. The highest BCUT2D eigenvalue weighted by Crippen LogP contribution is 2.28. The SMILES string of the molecule is NCCSCC(=O)Nc1nc(-c2cccs2)cs1. The van der Waals surface area contributed by atoms with Gasteiger partial charge in [-0.1, -0.05) is 6.07 Å². The molecule has 0 aromatic carbocycles. The third-order valence-electron chi connectivity index (χ3n) is 2.02. The second kappa shape index (κ2) is 6.89. The van der Waals surface area contributed by atoms with E-state index in [0.29, 0.717) is 17.4 Å². The molecule has 2 heterocycles. The van der Waals surface area contributed by atoms with Crippen molar-refractivity contribution >= 4 is 45.5 Å². The number of amides is 1. The average molecular weight is 299 g/mol. The summed E-state index contributed by atoms with van der Waals surface area (Å²) in [7, 11) is 0. The molecule has 0 spiro atoms. The zero-order valence-corrected chi connectivity index (χ0v) is 12.0. The van der Waals surface area contributed by atoms with Crippen LogP contribution in [0.3, 0.4) is 0 Å². The third-order valence-corrected chi connectivity index (χ3v) is 4.66. The van der Waals surface area contributed by atoms with Gasteiger partial charge in [-0.25, -0.2) is 4.98 Å². The third kappa shape index (κ3) is 3.81. The number of thioether (sulfide) groups is 1. The first-order valence-corrected chi connectivity index (χ1v) is 8.28. The van der Waals surface area contributed by atoms with Crippen molar-refractivity contribution in [2.24, 2.45) is 5.73 Å². The first kappa shape index (κ1) is 13.5. The van der Waals surface area contributed by atoms with Gasteiger partial charge in [0.15, 0.2) is 5.13 Å². The molecule has 2 aromatic heterocycles. The number of aromatic nitrogens is 1. The summed E-state index contributed by atoms with van der Waals surface area (Å²) < 4.78 is 0. The van der Waals surface area contributed by atoms with Crippen LogP contribution in [0.5, 0.6) is 0 Å². The normalized spacial score (nSPS) is 10.5. The Balaban J connectivity index is 1.89. The van der Waals surface area contributed by atoms with Crippen molar-refractivity contribution in [3.05, 3.63) is 22.9 Å². The molecule has 0 aliphatic rings. The minimum Gasteiger partial charge on any atom is -0.330 e. The highest BCUT2D eigenvalue weighted by Gasteiger charge is 2.08. The molecule has 0 unspecified atom stereocenters. The summed E-state index contributed by atoms with van der Waals surface area (Å²) in [4.78, 5) is 17.1. The van der Waals surface area contributed by atoms with Gasteiger partial charge in [0.2, 0.25) is 5.91 Å². The monoisotopic (exact) mass is 299 g/mol. The molecule has 0 saturated heterocycles. The van der Waals surface area contributed by atoms with E-state index in [1.807, 2.05) is 22.9 Å². The molecule has 0 atom stereocenters. The maximum Gasteiger partial charge on any atom is 0.236 e. The van der Waals surface area contributed by atoms with Crippen LogP contribution in [0.1, 0.15) is 0 Å². The van der Waals surface area contributed by atoms with Gasteiger partial charge in [-0.05, 0) is 11.4 Å². The first-order chi connectivity index (χ1) is 8.79. The van der Waals surface area contributed by atoms with Gasteiger partial charge in [-0.2, -0.15) is 11.8 Å². The van der Waals surface area contributed by atoms with Gasteiger partial charge in [0.05, 0.1) is 16.3 Å². The smallest absolute Gasteiger partial charge is 0.236 e. The molecule has 2 aromatic rings. The Kier molecular flexibility index (Phi) is 5.18. The van der Waals surface area contributed by atoms with Crippen molar-refractivity contribution in [1.29, 1.82) is 0 Å². The Morgan fingerprint density at radius 1 is 1.50 bits per heavy atom. The molecule has 0 aliphatic heterocycles. The van der Waals surface area contributed by atoms with Crippen molar-refractivity contribution in [1.82, 2.24) is 4.98 Å². The Labute approximate surface area is 118 Å². The van der Waals surface area contributed by atoms with E-state index in [-0.39, 0.29) is 5.91 Å². The fourth-order valence-electron chi connectivity index (χ4n) is 1.27. The van der Waals surface area contributed by atoms with Gasteiger partial charge in [0.25, 0.3) is 0 Å². The van der Waals surface area contributed by atoms with Crippen LogP contribution in [0.15, 0.2) is 22.9 Å². The number of hydrogen-bond acceptors (Lipinski definition) is 6. The highest BCUT2D eigenvalue weighted by atomic mass is 32.2. The molecule has 0 aliphatic carbocycles. The lowest BCUT2D eigenvalue weighted by molar-refractivity contribution is -0.113. The predicted molar refractivity (Wildman–Crippen MR) is 80.4 cm³/mol. The van der Waals surface area contributed by atoms with Crippen LogP contribution in [0, 0.1) is 0 Å². The molecule has 0 radical (unpaired) electrons. The Bertz CT molecular complexity index is 495. The van der Waals surface area contributed by atoms with E-state index in [0.717, 1.165) is 16.3 Å². The summed E-state index contributed by atoms with van der Waals surface area (Å²) in [6.07, 6.45) is 0. The molecule has 4 nitrogen and oxygen atoms in total. The van der Waals surface area contributed by atoms with Crippen molar-refractivity contribution in [3.63, 3.8) is 0 Å². The van der Waals surface area contributed by atoms with Crippen molar-refractivity contribution < 1.29 is 4.79 Å². The number of hydrogen-bond donors (Lipinski definition) is 2. The predicted octanol–water partition coefficient (Wildman–Crippen LogP) is 2.50.